The van der Waals surface area contributed by atoms with Gasteiger partial charge in [0.25, 0.3) is 0 Å². The van der Waals surface area contributed by atoms with Crippen LogP contribution >= 0.6 is 12.4 Å². The Labute approximate surface area is 66.0 Å². The fraction of sp³-hybridized carbons (Fsp3) is 1.00. The summed E-state index contributed by atoms with van der Waals surface area (Å²) >= 11 is 0. The highest BCUT2D eigenvalue weighted by Gasteiger charge is 2.11. The van der Waals surface area contributed by atoms with Gasteiger partial charge in [0.2, 0.25) is 0 Å². The first-order chi connectivity index (χ1) is 4.43. The van der Waals surface area contributed by atoms with Crippen LogP contribution in [-0.2, 0) is 0 Å². The monoisotopic (exact) mass is 162 g/mol. The Balaban J connectivity index is 0.000000810. The van der Waals surface area contributed by atoms with Crippen molar-refractivity contribution in [3.63, 3.8) is 0 Å². The molecule has 0 amide bonds. The molecule has 0 spiro atoms. The zero-order valence-electron chi connectivity index (χ0n) is 5.66. The molecule has 0 aromatic heterocycles. The average Bonchev–Trinajstić information content (AvgIpc) is 2.34. The summed E-state index contributed by atoms with van der Waals surface area (Å²) in [6.45, 7) is 2.74. The minimum atomic E-state index is 0. The van der Waals surface area contributed by atoms with E-state index in [4.69, 9.17) is 5.53 Å². The molecule has 0 aromatic carbocycles. The average molecular weight is 163 g/mol. The van der Waals surface area contributed by atoms with E-state index in [1.165, 1.54) is 0 Å². The Morgan fingerprint density at radius 2 is 2.50 bits per heavy atom. The maximum Gasteiger partial charge on any atom is 0.0298 e. The lowest BCUT2D eigenvalue weighted by Crippen LogP contribution is -2.10. The summed E-state index contributed by atoms with van der Waals surface area (Å²) in [6.07, 6.45) is 1.15. The van der Waals surface area contributed by atoms with Gasteiger partial charge < -0.3 is 5.32 Å². The second-order valence-electron chi connectivity index (χ2n) is 2.27. The largest absolute Gasteiger partial charge is 0.316 e. The van der Waals surface area contributed by atoms with Crippen molar-refractivity contribution in [1.29, 1.82) is 0 Å². The van der Waals surface area contributed by atoms with E-state index in [0.717, 1.165) is 19.5 Å². The van der Waals surface area contributed by atoms with Crippen molar-refractivity contribution in [2.75, 3.05) is 19.6 Å². The van der Waals surface area contributed by atoms with Crippen molar-refractivity contribution in [2.24, 2.45) is 11.0 Å². The number of azide groups is 1. The van der Waals surface area contributed by atoms with E-state index in [0.29, 0.717) is 12.5 Å². The Bertz CT molecular complexity index is 126. The van der Waals surface area contributed by atoms with Crippen molar-refractivity contribution >= 4 is 12.4 Å². The van der Waals surface area contributed by atoms with Gasteiger partial charge in [0.1, 0.15) is 0 Å². The summed E-state index contributed by atoms with van der Waals surface area (Å²) in [4.78, 5) is 2.70. The van der Waals surface area contributed by atoms with Crippen LogP contribution in [-0.4, -0.2) is 19.6 Å². The highest BCUT2D eigenvalue weighted by atomic mass is 35.5. The van der Waals surface area contributed by atoms with E-state index in [-0.39, 0.29) is 12.4 Å². The number of nitrogens with zero attached hydrogens (tertiary/aromatic N) is 3. The summed E-state index contributed by atoms with van der Waals surface area (Å²) in [7, 11) is 0. The van der Waals surface area contributed by atoms with E-state index in [2.05, 4.69) is 15.3 Å². The van der Waals surface area contributed by atoms with Crippen molar-refractivity contribution in [3.05, 3.63) is 10.4 Å². The molecule has 4 nitrogen and oxygen atoms in total. The van der Waals surface area contributed by atoms with Crippen molar-refractivity contribution in [3.8, 4) is 0 Å². The first-order valence-corrected chi connectivity index (χ1v) is 3.15. The van der Waals surface area contributed by atoms with Gasteiger partial charge in [0.15, 0.2) is 0 Å². The normalized spacial score (nSPS) is 23.0. The van der Waals surface area contributed by atoms with E-state index < -0.39 is 0 Å². The lowest BCUT2D eigenvalue weighted by Gasteiger charge is -1.98. The molecule has 0 saturated carbocycles. The lowest BCUT2D eigenvalue weighted by atomic mass is 10.1. The smallest absolute Gasteiger partial charge is 0.0298 e. The van der Waals surface area contributed by atoms with E-state index in [1.807, 2.05) is 0 Å². The fourth-order valence-electron chi connectivity index (χ4n) is 1.02. The maximum absolute atomic E-state index is 7.96. The van der Waals surface area contributed by atoms with Gasteiger partial charge in [-0.3, -0.25) is 0 Å². The second kappa shape index (κ2) is 5.35. The molecule has 1 atom stereocenters. The third kappa shape index (κ3) is 2.92. The first kappa shape index (κ1) is 9.56. The summed E-state index contributed by atoms with van der Waals surface area (Å²) in [6, 6.07) is 0. The number of hydrogen-bond donors (Lipinski definition) is 1. The van der Waals surface area contributed by atoms with Crippen LogP contribution in [0, 0.1) is 5.92 Å². The Hall–Kier alpha value is -0.440. The van der Waals surface area contributed by atoms with Gasteiger partial charge in [-0.1, -0.05) is 5.11 Å². The summed E-state index contributed by atoms with van der Waals surface area (Å²) in [5, 5.41) is 6.69. The SMILES string of the molecule is Cl.[N-]=[N+]=NCC1CCNC1. The van der Waals surface area contributed by atoms with Crippen molar-refractivity contribution in [1.82, 2.24) is 5.32 Å². The zero-order chi connectivity index (χ0) is 6.53. The van der Waals surface area contributed by atoms with Gasteiger partial charge >= 0.3 is 0 Å². The molecule has 1 rings (SSSR count). The van der Waals surface area contributed by atoms with Crippen LogP contribution in [0.5, 0.6) is 0 Å². The molecule has 0 radical (unpaired) electrons. The third-order valence-corrected chi connectivity index (χ3v) is 1.57. The fourth-order valence-corrected chi connectivity index (χ4v) is 1.02. The maximum atomic E-state index is 7.96. The predicted octanol–water partition coefficient (Wildman–Crippen LogP) is 1.33. The molecule has 1 N–H and O–H groups in total. The molecular weight excluding hydrogens is 152 g/mol. The van der Waals surface area contributed by atoms with Gasteiger partial charge in [-0.15, -0.1) is 12.4 Å². The molecule has 1 fully saturated rings. The van der Waals surface area contributed by atoms with Gasteiger partial charge in [-0.2, -0.15) is 0 Å². The molecule has 1 saturated heterocycles. The standard InChI is InChI=1S/C5H10N4.ClH/c6-9-8-4-5-1-2-7-3-5;/h5,7H,1-4H2;1H. The van der Waals surface area contributed by atoms with Crippen LogP contribution < -0.4 is 5.32 Å². The molecule has 0 aromatic rings. The van der Waals surface area contributed by atoms with Crippen LogP contribution in [0.2, 0.25) is 0 Å². The van der Waals surface area contributed by atoms with Gasteiger partial charge in [0.05, 0.1) is 0 Å². The molecule has 1 aliphatic rings. The van der Waals surface area contributed by atoms with Crippen LogP contribution in [0.1, 0.15) is 6.42 Å². The van der Waals surface area contributed by atoms with Crippen molar-refractivity contribution < 1.29 is 0 Å². The van der Waals surface area contributed by atoms with E-state index in [1.54, 1.807) is 0 Å². The second-order valence-corrected chi connectivity index (χ2v) is 2.27. The molecule has 5 heteroatoms. The molecular formula is C5H11ClN4. The summed E-state index contributed by atoms with van der Waals surface area (Å²) in [5.74, 6) is 0.584. The summed E-state index contributed by atoms with van der Waals surface area (Å²) < 4.78 is 0. The number of rotatable bonds is 2. The Morgan fingerprint density at radius 1 is 1.70 bits per heavy atom. The number of hydrogen-bond acceptors (Lipinski definition) is 2. The lowest BCUT2D eigenvalue weighted by molar-refractivity contribution is 0.594. The quantitative estimate of drug-likeness (QED) is 0.372. The number of halogens is 1. The third-order valence-electron chi connectivity index (χ3n) is 1.57. The highest BCUT2D eigenvalue weighted by molar-refractivity contribution is 5.85. The zero-order valence-corrected chi connectivity index (χ0v) is 6.47. The summed E-state index contributed by atoms with van der Waals surface area (Å²) in [5.41, 5.74) is 7.96. The minimum Gasteiger partial charge on any atom is -0.316 e. The van der Waals surface area contributed by atoms with Crippen molar-refractivity contribution in [2.45, 2.75) is 6.42 Å². The molecule has 0 bridgehead atoms. The van der Waals surface area contributed by atoms with E-state index >= 15 is 0 Å². The van der Waals surface area contributed by atoms with Crippen LogP contribution in [0.3, 0.4) is 0 Å². The van der Waals surface area contributed by atoms with E-state index in [9.17, 15) is 0 Å². The van der Waals surface area contributed by atoms with Crippen LogP contribution in [0.25, 0.3) is 10.4 Å². The Kier molecular flexibility index (Phi) is 5.12. The van der Waals surface area contributed by atoms with Gasteiger partial charge in [-0.05, 0) is 31.0 Å². The topological polar surface area (TPSA) is 60.8 Å². The number of nitrogens with one attached hydrogen (secondary N) is 1. The molecule has 1 aliphatic heterocycles. The van der Waals surface area contributed by atoms with Gasteiger partial charge in [-0.25, -0.2) is 0 Å². The molecule has 1 heterocycles. The van der Waals surface area contributed by atoms with Crippen LogP contribution in [0.15, 0.2) is 5.11 Å². The minimum absolute atomic E-state index is 0. The first-order valence-electron chi connectivity index (χ1n) is 3.15. The van der Waals surface area contributed by atoms with Crippen LogP contribution in [0.4, 0.5) is 0 Å². The molecule has 0 aliphatic carbocycles. The molecule has 58 valence electrons. The predicted molar refractivity (Wildman–Crippen MR) is 42.2 cm³/mol. The highest BCUT2D eigenvalue weighted by Crippen LogP contribution is 2.06. The van der Waals surface area contributed by atoms with Gasteiger partial charge in [0, 0.05) is 11.5 Å². The molecule has 1 unspecified atom stereocenters. The Morgan fingerprint density at radius 3 is 3.00 bits per heavy atom. The molecule has 10 heavy (non-hydrogen) atoms.